The lowest BCUT2D eigenvalue weighted by Gasteiger charge is -2.49. The Morgan fingerprint density at radius 1 is 1.27 bits per heavy atom. The van der Waals surface area contributed by atoms with Crippen molar-refractivity contribution in [2.45, 2.75) is 38.3 Å². The van der Waals surface area contributed by atoms with E-state index in [0.29, 0.717) is 5.54 Å². The monoisotopic (exact) mass is 211 g/mol. The maximum Gasteiger partial charge on any atom is 0.0281 e. The first-order valence-electron chi connectivity index (χ1n) is 6.25. The van der Waals surface area contributed by atoms with Gasteiger partial charge in [0.1, 0.15) is 0 Å². The molecule has 0 aliphatic carbocycles. The van der Waals surface area contributed by atoms with Crippen LogP contribution in [0.5, 0.6) is 0 Å². The summed E-state index contributed by atoms with van der Waals surface area (Å²) in [4.78, 5) is 5.20. The molecule has 1 unspecified atom stereocenters. The molecule has 0 amide bonds. The number of rotatable bonds is 1. The van der Waals surface area contributed by atoms with E-state index in [1.165, 1.54) is 32.5 Å². The highest BCUT2D eigenvalue weighted by atomic mass is 15.3. The van der Waals surface area contributed by atoms with Gasteiger partial charge in [0.15, 0.2) is 0 Å². The second-order valence-electron chi connectivity index (χ2n) is 5.74. The van der Waals surface area contributed by atoms with E-state index < -0.39 is 0 Å². The number of piperazine rings is 1. The van der Waals surface area contributed by atoms with Gasteiger partial charge in [-0.15, -0.1) is 0 Å². The smallest absolute Gasteiger partial charge is 0.0281 e. The van der Waals surface area contributed by atoms with Crippen molar-refractivity contribution in [1.29, 1.82) is 0 Å². The van der Waals surface area contributed by atoms with Crippen molar-refractivity contribution in [3.05, 3.63) is 0 Å². The number of likely N-dealkylation sites (tertiary alicyclic amines) is 1. The molecule has 1 atom stereocenters. The van der Waals surface area contributed by atoms with Crippen LogP contribution in [0.25, 0.3) is 0 Å². The zero-order valence-corrected chi connectivity index (χ0v) is 10.4. The van der Waals surface area contributed by atoms with Crippen LogP contribution < -0.4 is 5.32 Å². The van der Waals surface area contributed by atoms with Gasteiger partial charge in [0, 0.05) is 37.8 Å². The molecule has 0 spiro atoms. The number of piperidine rings is 1. The largest absolute Gasteiger partial charge is 0.314 e. The Balaban J connectivity index is 2.01. The lowest BCUT2D eigenvalue weighted by molar-refractivity contribution is 0.0133. The lowest BCUT2D eigenvalue weighted by atomic mass is 9.94. The number of nitrogens with zero attached hydrogens (tertiary/aromatic N) is 2. The highest BCUT2D eigenvalue weighted by Crippen LogP contribution is 2.24. The zero-order valence-electron chi connectivity index (χ0n) is 10.4. The van der Waals surface area contributed by atoms with E-state index in [4.69, 9.17) is 0 Å². The molecule has 2 aliphatic heterocycles. The van der Waals surface area contributed by atoms with Crippen LogP contribution in [0.4, 0.5) is 0 Å². The highest BCUT2D eigenvalue weighted by Gasteiger charge is 2.35. The van der Waals surface area contributed by atoms with E-state index in [9.17, 15) is 0 Å². The summed E-state index contributed by atoms with van der Waals surface area (Å²) in [5.74, 6) is 0. The Bertz CT molecular complexity index is 215. The average Bonchev–Trinajstić information content (AvgIpc) is 2.17. The summed E-state index contributed by atoms with van der Waals surface area (Å²) in [6.07, 6.45) is 2.74. The second kappa shape index (κ2) is 4.40. The van der Waals surface area contributed by atoms with Gasteiger partial charge in [-0.05, 0) is 40.3 Å². The summed E-state index contributed by atoms with van der Waals surface area (Å²) in [5, 5.41) is 3.50. The molecule has 0 aromatic carbocycles. The molecule has 0 radical (unpaired) electrons. The molecule has 1 N–H and O–H groups in total. The molecule has 2 fully saturated rings. The predicted octanol–water partition coefficient (Wildman–Crippen LogP) is 0.764. The van der Waals surface area contributed by atoms with E-state index in [-0.39, 0.29) is 0 Å². The molecule has 88 valence electrons. The molecule has 0 saturated carbocycles. The summed E-state index contributed by atoms with van der Waals surface area (Å²) in [7, 11) is 2.25. The first-order chi connectivity index (χ1) is 7.09. The topological polar surface area (TPSA) is 18.5 Å². The third-order valence-corrected chi connectivity index (χ3v) is 3.90. The van der Waals surface area contributed by atoms with Crippen LogP contribution in [0.15, 0.2) is 0 Å². The summed E-state index contributed by atoms with van der Waals surface area (Å²) < 4.78 is 0. The quantitative estimate of drug-likeness (QED) is 0.691. The van der Waals surface area contributed by atoms with Crippen LogP contribution >= 0.6 is 0 Å². The van der Waals surface area contributed by atoms with E-state index in [2.05, 4.69) is 36.0 Å². The van der Waals surface area contributed by atoms with Crippen molar-refractivity contribution in [3.8, 4) is 0 Å². The van der Waals surface area contributed by atoms with Gasteiger partial charge >= 0.3 is 0 Å². The van der Waals surface area contributed by atoms with Crippen LogP contribution in [0.2, 0.25) is 0 Å². The standard InChI is InChI=1S/C12H25N3/c1-12(2)10-13-6-8-15(12)11-5-4-7-14(3)9-11/h11,13H,4-10H2,1-3H3. The zero-order chi connectivity index (χ0) is 10.9. The first kappa shape index (κ1) is 11.4. The van der Waals surface area contributed by atoms with Gasteiger partial charge in [0.25, 0.3) is 0 Å². The van der Waals surface area contributed by atoms with Gasteiger partial charge in [-0.25, -0.2) is 0 Å². The molecule has 3 nitrogen and oxygen atoms in total. The lowest BCUT2D eigenvalue weighted by Crippen LogP contribution is -2.63. The van der Waals surface area contributed by atoms with E-state index >= 15 is 0 Å². The maximum atomic E-state index is 3.50. The van der Waals surface area contributed by atoms with E-state index in [0.717, 1.165) is 19.1 Å². The first-order valence-corrected chi connectivity index (χ1v) is 6.25. The van der Waals surface area contributed by atoms with Gasteiger partial charge in [0.05, 0.1) is 0 Å². The van der Waals surface area contributed by atoms with Crippen LogP contribution in [-0.4, -0.2) is 61.2 Å². The van der Waals surface area contributed by atoms with Crippen LogP contribution in [0, 0.1) is 0 Å². The molecule has 15 heavy (non-hydrogen) atoms. The van der Waals surface area contributed by atoms with E-state index in [1.54, 1.807) is 0 Å². The highest BCUT2D eigenvalue weighted by molar-refractivity contribution is 4.94. The number of nitrogens with one attached hydrogen (secondary N) is 1. The Labute approximate surface area is 93.8 Å². The number of hydrogen-bond donors (Lipinski definition) is 1. The summed E-state index contributed by atoms with van der Waals surface area (Å²) in [6.45, 7) is 10.8. The van der Waals surface area contributed by atoms with Crippen LogP contribution in [-0.2, 0) is 0 Å². The fourth-order valence-corrected chi connectivity index (χ4v) is 3.07. The molecule has 0 aromatic heterocycles. The van der Waals surface area contributed by atoms with Crippen molar-refractivity contribution in [1.82, 2.24) is 15.1 Å². The van der Waals surface area contributed by atoms with Crippen molar-refractivity contribution in [2.75, 3.05) is 39.8 Å². The van der Waals surface area contributed by atoms with E-state index in [1.807, 2.05) is 0 Å². The van der Waals surface area contributed by atoms with Gasteiger partial charge < -0.3 is 10.2 Å². The Morgan fingerprint density at radius 2 is 2.07 bits per heavy atom. The van der Waals surface area contributed by atoms with Crippen LogP contribution in [0.3, 0.4) is 0 Å². The van der Waals surface area contributed by atoms with Gasteiger partial charge in [0.2, 0.25) is 0 Å². The van der Waals surface area contributed by atoms with Crippen molar-refractivity contribution < 1.29 is 0 Å². The third-order valence-electron chi connectivity index (χ3n) is 3.90. The maximum absolute atomic E-state index is 3.50. The van der Waals surface area contributed by atoms with Crippen molar-refractivity contribution >= 4 is 0 Å². The number of likely N-dealkylation sites (N-methyl/N-ethyl adjacent to an activating group) is 1. The molecule has 3 heteroatoms. The molecular formula is C12H25N3. The van der Waals surface area contributed by atoms with Crippen molar-refractivity contribution in [3.63, 3.8) is 0 Å². The van der Waals surface area contributed by atoms with Crippen molar-refractivity contribution in [2.24, 2.45) is 0 Å². The molecule has 2 saturated heterocycles. The Kier molecular flexibility index (Phi) is 3.33. The molecular weight excluding hydrogens is 186 g/mol. The number of hydrogen-bond acceptors (Lipinski definition) is 3. The summed E-state index contributed by atoms with van der Waals surface area (Å²) in [5.41, 5.74) is 0.334. The minimum Gasteiger partial charge on any atom is -0.314 e. The molecule has 0 bridgehead atoms. The summed E-state index contributed by atoms with van der Waals surface area (Å²) in [6, 6.07) is 0.779. The predicted molar refractivity (Wildman–Crippen MR) is 64.2 cm³/mol. The summed E-state index contributed by atoms with van der Waals surface area (Å²) >= 11 is 0. The second-order valence-corrected chi connectivity index (χ2v) is 5.74. The molecule has 2 heterocycles. The van der Waals surface area contributed by atoms with Gasteiger partial charge in [-0.2, -0.15) is 0 Å². The molecule has 2 rings (SSSR count). The minimum atomic E-state index is 0.334. The Morgan fingerprint density at radius 3 is 2.73 bits per heavy atom. The third kappa shape index (κ3) is 2.52. The SMILES string of the molecule is CN1CCCC(N2CCNCC2(C)C)C1. The Hall–Kier alpha value is -0.120. The minimum absolute atomic E-state index is 0.334. The average molecular weight is 211 g/mol. The fourth-order valence-electron chi connectivity index (χ4n) is 3.07. The fraction of sp³-hybridized carbons (Fsp3) is 1.00. The van der Waals surface area contributed by atoms with Crippen LogP contribution in [0.1, 0.15) is 26.7 Å². The normalized spacial score (nSPS) is 34.2. The molecule has 2 aliphatic rings. The van der Waals surface area contributed by atoms with Gasteiger partial charge in [-0.1, -0.05) is 0 Å². The van der Waals surface area contributed by atoms with Gasteiger partial charge in [-0.3, -0.25) is 4.90 Å². The molecule has 0 aromatic rings.